The number of carbonyl (C=O) groups excluding carboxylic acids is 2. The van der Waals surface area contributed by atoms with Crippen molar-refractivity contribution in [2.24, 2.45) is 0 Å². The molecule has 2 bridgehead atoms. The lowest BCUT2D eigenvalue weighted by Crippen LogP contribution is -2.55. The van der Waals surface area contributed by atoms with Gasteiger partial charge in [-0.05, 0) is 60.4 Å². The quantitative estimate of drug-likeness (QED) is 0.444. The zero-order valence-electron chi connectivity index (χ0n) is 20.5. The third-order valence-corrected chi connectivity index (χ3v) is 7.27. The number of halogens is 2. The number of hydrogen-bond acceptors (Lipinski definition) is 4. The highest BCUT2D eigenvalue weighted by molar-refractivity contribution is 6.33. The largest absolute Gasteiger partial charge is 0.331 e. The van der Waals surface area contributed by atoms with Crippen LogP contribution >= 0.6 is 11.6 Å². The van der Waals surface area contributed by atoms with Gasteiger partial charge < -0.3 is 10.2 Å². The van der Waals surface area contributed by atoms with Gasteiger partial charge in [0.2, 0.25) is 11.8 Å². The van der Waals surface area contributed by atoms with Crippen LogP contribution in [0.15, 0.2) is 67.0 Å². The Morgan fingerprint density at radius 3 is 2.51 bits per heavy atom. The highest BCUT2D eigenvalue weighted by Crippen LogP contribution is 2.35. The Hall–Kier alpha value is -3.55. The van der Waals surface area contributed by atoms with Crippen molar-refractivity contribution >= 4 is 35.2 Å². The minimum absolute atomic E-state index is 0.0411. The molecule has 2 fully saturated rings. The highest BCUT2D eigenvalue weighted by Gasteiger charge is 2.41. The summed E-state index contributed by atoms with van der Waals surface area (Å²) >= 11 is 6.53. The van der Waals surface area contributed by atoms with Crippen LogP contribution in [-0.4, -0.2) is 51.8 Å². The molecule has 2 amide bonds. The fourth-order valence-corrected chi connectivity index (χ4v) is 5.62. The van der Waals surface area contributed by atoms with Gasteiger partial charge in [-0.3, -0.25) is 19.5 Å². The second-order valence-corrected chi connectivity index (χ2v) is 10.0. The summed E-state index contributed by atoms with van der Waals surface area (Å²) in [4.78, 5) is 33.7. The molecular formula is C29H28ClFN4O2. The number of aromatic nitrogens is 1. The van der Waals surface area contributed by atoms with E-state index in [1.807, 2.05) is 35.2 Å². The first-order chi connectivity index (χ1) is 17.9. The molecule has 5 rings (SSSR count). The molecule has 6 nitrogen and oxygen atoms in total. The molecule has 3 heterocycles. The summed E-state index contributed by atoms with van der Waals surface area (Å²) in [6, 6.07) is 14.2. The fraction of sp³-hybridized carbons (Fsp3) is 0.276. The van der Waals surface area contributed by atoms with E-state index in [9.17, 15) is 14.0 Å². The molecule has 0 spiro atoms. The lowest BCUT2D eigenvalue weighted by molar-refractivity contribution is -0.131. The van der Waals surface area contributed by atoms with Crippen molar-refractivity contribution in [3.05, 3.63) is 89.0 Å². The zero-order valence-corrected chi connectivity index (χ0v) is 21.3. The number of nitrogens with zero attached hydrogens (tertiary/aromatic N) is 3. The molecule has 2 unspecified atom stereocenters. The third-order valence-electron chi connectivity index (χ3n) is 6.96. The van der Waals surface area contributed by atoms with E-state index in [2.05, 4.69) is 15.2 Å². The Morgan fingerprint density at radius 2 is 1.86 bits per heavy atom. The molecule has 2 aromatic carbocycles. The number of anilines is 1. The molecule has 2 aliphatic heterocycles. The minimum atomic E-state index is -0.235. The minimum Gasteiger partial charge on any atom is -0.331 e. The van der Waals surface area contributed by atoms with E-state index in [-0.39, 0.29) is 29.7 Å². The molecule has 1 aromatic heterocycles. The van der Waals surface area contributed by atoms with E-state index in [1.165, 1.54) is 19.1 Å². The van der Waals surface area contributed by atoms with Crippen LogP contribution in [0.2, 0.25) is 5.02 Å². The monoisotopic (exact) mass is 518 g/mol. The third kappa shape index (κ3) is 5.73. The summed E-state index contributed by atoms with van der Waals surface area (Å²) in [6.07, 6.45) is 8.68. The van der Waals surface area contributed by atoms with Crippen molar-refractivity contribution in [3.8, 4) is 11.1 Å². The summed E-state index contributed by atoms with van der Waals surface area (Å²) in [5.74, 6) is -0.497. The van der Waals surface area contributed by atoms with E-state index < -0.39 is 0 Å². The number of hydrogen-bond donors (Lipinski definition) is 1. The van der Waals surface area contributed by atoms with Gasteiger partial charge >= 0.3 is 0 Å². The van der Waals surface area contributed by atoms with Crippen molar-refractivity contribution in [1.29, 1.82) is 0 Å². The van der Waals surface area contributed by atoms with Gasteiger partial charge in [0.25, 0.3) is 0 Å². The Morgan fingerprint density at radius 1 is 1.14 bits per heavy atom. The normalized spacial score (nSPS) is 19.4. The van der Waals surface area contributed by atoms with Gasteiger partial charge in [0.1, 0.15) is 5.82 Å². The molecule has 8 heteroatoms. The fourth-order valence-electron chi connectivity index (χ4n) is 5.34. The molecule has 3 aromatic rings. The first-order valence-corrected chi connectivity index (χ1v) is 12.7. The van der Waals surface area contributed by atoms with Gasteiger partial charge in [-0.1, -0.05) is 29.8 Å². The van der Waals surface area contributed by atoms with Crippen LogP contribution in [0.4, 0.5) is 10.1 Å². The van der Waals surface area contributed by atoms with Crippen LogP contribution in [0.1, 0.15) is 30.9 Å². The Balaban J connectivity index is 1.34. The molecule has 0 saturated carbocycles. The Labute approximate surface area is 220 Å². The molecule has 2 atom stereocenters. The van der Waals surface area contributed by atoms with Crippen molar-refractivity contribution in [2.75, 3.05) is 18.4 Å². The first kappa shape index (κ1) is 25.1. The van der Waals surface area contributed by atoms with Gasteiger partial charge in [-0.2, -0.15) is 0 Å². The number of likely N-dealkylation sites (tertiary alicyclic amines) is 1. The van der Waals surface area contributed by atoms with Crippen LogP contribution in [-0.2, 0) is 16.1 Å². The number of amides is 2. The van der Waals surface area contributed by atoms with Crippen molar-refractivity contribution in [1.82, 2.24) is 14.8 Å². The maximum Gasteiger partial charge on any atom is 0.247 e. The van der Waals surface area contributed by atoms with Crippen LogP contribution in [0.3, 0.4) is 0 Å². The maximum absolute atomic E-state index is 13.3. The second kappa shape index (κ2) is 10.8. The van der Waals surface area contributed by atoms with Crippen LogP contribution < -0.4 is 5.32 Å². The maximum atomic E-state index is 13.3. The summed E-state index contributed by atoms with van der Waals surface area (Å²) in [5.41, 5.74) is 3.91. The van der Waals surface area contributed by atoms with E-state index >= 15 is 0 Å². The second-order valence-electron chi connectivity index (χ2n) is 9.63. The van der Waals surface area contributed by atoms with E-state index in [0.29, 0.717) is 16.3 Å². The molecule has 0 radical (unpaired) electrons. The molecule has 2 saturated heterocycles. The number of nitrogens with one attached hydrogen (secondary N) is 1. The van der Waals surface area contributed by atoms with Gasteiger partial charge in [0, 0.05) is 73.9 Å². The summed E-state index contributed by atoms with van der Waals surface area (Å²) < 4.78 is 13.3. The predicted octanol–water partition coefficient (Wildman–Crippen LogP) is 5.39. The number of fused-ring (bicyclic) bond motifs is 2. The van der Waals surface area contributed by atoms with Crippen LogP contribution in [0.5, 0.6) is 0 Å². The lowest BCUT2D eigenvalue weighted by Gasteiger charge is -2.40. The van der Waals surface area contributed by atoms with Gasteiger partial charge in [0.15, 0.2) is 0 Å². The Kier molecular flexibility index (Phi) is 7.35. The molecule has 37 heavy (non-hydrogen) atoms. The SMILES string of the molecule is CC(=O)Nc1cc(Cl)c(-c2cccnc2)cc1C=CC(=O)N1C2CCC1CN(Cc1ccc(F)cc1)C2. The van der Waals surface area contributed by atoms with Gasteiger partial charge in [-0.25, -0.2) is 4.39 Å². The molecular weight excluding hydrogens is 491 g/mol. The lowest BCUT2D eigenvalue weighted by atomic mass is 10.0. The summed E-state index contributed by atoms with van der Waals surface area (Å²) in [5, 5.41) is 3.30. The first-order valence-electron chi connectivity index (χ1n) is 12.4. The zero-order chi connectivity index (χ0) is 25.9. The summed E-state index contributed by atoms with van der Waals surface area (Å²) in [7, 11) is 0. The molecule has 190 valence electrons. The number of rotatable bonds is 6. The number of carbonyl (C=O) groups is 2. The number of piperazine rings is 1. The standard InChI is InChI=1S/C29H28ClFN4O2/c1-19(36)33-28-14-27(30)26(22-3-2-12-32-15-22)13-21(28)6-11-29(37)35-24-9-10-25(35)18-34(17-24)16-20-4-7-23(31)8-5-20/h2-8,11-15,24-25H,9-10,16-18H2,1H3,(H,33,36). The van der Waals surface area contributed by atoms with E-state index in [4.69, 9.17) is 11.6 Å². The number of benzene rings is 2. The number of pyridine rings is 1. The van der Waals surface area contributed by atoms with Crippen LogP contribution in [0, 0.1) is 5.82 Å². The average Bonchev–Trinajstić information content (AvgIpc) is 3.15. The van der Waals surface area contributed by atoms with Crippen molar-refractivity contribution in [3.63, 3.8) is 0 Å². The molecule has 0 aliphatic carbocycles. The smallest absolute Gasteiger partial charge is 0.247 e. The van der Waals surface area contributed by atoms with Gasteiger partial charge in [-0.15, -0.1) is 0 Å². The molecule has 1 N–H and O–H groups in total. The van der Waals surface area contributed by atoms with Crippen LogP contribution in [0.25, 0.3) is 17.2 Å². The van der Waals surface area contributed by atoms with Crippen molar-refractivity contribution < 1.29 is 14.0 Å². The predicted molar refractivity (Wildman–Crippen MR) is 143 cm³/mol. The average molecular weight is 519 g/mol. The topological polar surface area (TPSA) is 65.5 Å². The molecule has 2 aliphatic rings. The summed E-state index contributed by atoms with van der Waals surface area (Å²) in [6.45, 7) is 3.76. The van der Waals surface area contributed by atoms with E-state index in [0.717, 1.165) is 49.2 Å². The van der Waals surface area contributed by atoms with Crippen molar-refractivity contribution in [2.45, 2.75) is 38.4 Å². The Bertz CT molecular complexity index is 1320. The van der Waals surface area contributed by atoms with E-state index in [1.54, 1.807) is 30.6 Å². The van der Waals surface area contributed by atoms with Gasteiger partial charge in [0.05, 0.1) is 5.02 Å². The highest BCUT2D eigenvalue weighted by atomic mass is 35.5.